The fraction of sp³-hybridized carbons (Fsp3) is 0.462. The third kappa shape index (κ3) is 6.87. The molecule has 0 radical (unpaired) electrons. The summed E-state index contributed by atoms with van der Waals surface area (Å²) in [6.45, 7) is 9.49. The number of rotatable bonds is 1. The van der Waals surface area contributed by atoms with Gasteiger partial charge in [0, 0.05) is 5.69 Å². The minimum atomic E-state index is -0.459. The zero-order valence-corrected chi connectivity index (χ0v) is 10.7. The Morgan fingerprint density at radius 3 is 2.06 bits per heavy atom. The van der Waals surface area contributed by atoms with Crippen LogP contribution in [0.1, 0.15) is 34.6 Å². The van der Waals surface area contributed by atoms with Gasteiger partial charge in [-0.1, -0.05) is 32.0 Å². The molecule has 0 aromatic heterocycles. The van der Waals surface area contributed by atoms with E-state index in [0.717, 1.165) is 5.69 Å². The number of amides is 1. The molecule has 1 amide bonds. The predicted octanol–water partition coefficient (Wildman–Crippen LogP) is 4.06. The Bertz CT molecular complexity index is 301. The van der Waals surface area contributed by atoms with E-state index in [9.17, 15) is 4.79 Å². The fourth-order valence-electron chi connectivity index (χ4n) is 0.943. The number of ether oxygens (including phenoxy) is 1. The van der Waals surface area contributed by atoms with Gasteiger partial charge in [0.2, 0.25) is 0 Å². The molecule has 1 aromatic rings. The summed E-state index contributed by atoms with van der Waals surface area (Å²) in [5.74, 6) is 0. The molecule has 1 aromatic carbocycles. The highest BCUT2D eigenvalue weighted by molar-refractivity contribution is 5.84. The third-order valence-corrected chi connectivity index (χ3v) is 1.42. The molecule has 0 saturated carbocycles. The molecule has 0 saturated heterocycles. The highest BCUT2D eigenvalue weighted by atomic mass is 16.6. The van der Waals surface area contributed by atoms with E-state index in [2.05, 4.69) is 5.32 Å². The first kappa shape index (κ1) is 14.5. The largest absolute Gasteiger partial charge is 0.444 e. The smallest absolute Gasteiger partial charge is 0.412 e. The van der Waals surface area contributed by atoms with Crippen molar-refractivity contribution in [3.8, 4) is 0 Å². The van der Waals surface area contributed by atoms with E-state index in [-0.39, 0.29) is 0 Å². The summed E-state index contributed by atoms with van der Waals surface area (Å²) in [5, 5.41) is 2.64. The Hall–Kier alpha value is -1.51. The lowest BCUT2D eigenvalue weighted by molar-refractivity contribution is 0.0636. The van der Waals surface area contributed by atoms with E-state index in [4.69, 9.17) is 4.74 Å². The summed E-state index contributed by atoms with van der Waals surface area (Å²) in [7, 11) is 0. The van der Waals surface area contributed by atoms with Crippen molar-refractivity contribution in [2.24, 2.45) is 0 Å². The van der Waals surface area contributed by atoms with Crippen LogP contribution in [0.5, 0.6) is 0 Å². The number of para-hydroxylation sites is 1. The maximum absolute atomic E-state index is 11.3. The van der Waals surface area contributed by atoms with Crippen LogP contribution >= 0.6 is 0 Å². The monoisotopic (exact) mass is 223 g/mol. The summed E-state index contributed by atoms with van der Waals surface area (Å²) in [6, 6.07) is 9.22. The predicted molar refractivity (Wildman–Crippen MR) is 67.6 cm³/mol. The van der Waals surface area contributed by atoms with Crippen LogP contribution < -0.4 is 5.32 Å². The van der Waals surface area contributed by atoms with Crippen LogP contribution in [0, 0.1) is 0 Å². The van der Waals surface area contributed by atoms with Crippen LogP contribution in [0.15, 0.2) is 30.3 Å². The SMILES string of the molecule is CC.CC(C)(C)OC(=O)Nc1ccccc1. The van der Waals surface area contributed by atoms with Crippen molar-refractivity contribution in [1.82, 2.24) is 0 Å². The summed E-state index contributed by atoms with van der Waals surface area (Å²) < 4.78 is 5.09. The molecule has 0 aliphatic carbocycles. The maximum Gasteiger partial charge on any atom is 0.412 e. The summed E-state index contributed by atoms with van der Waals surface area (Å²) >= 11 is 0. The normalized spacial score (nSPS) is 9.81. The molecule has 0 aliphatic heterocycles. The highest BCUT2D eigenvalue weighted by Crippen LogP contribution is 2.10. The van der Waals surface area contributed by atoms with Gasteiger partial charge in [-0.25, -0.2) is 4.79 Å². The molecule has 3 heteroatoms. The number of nitrogens with one attached hydrogen (secondary N) is 1. The average Bonchev–Trinajstić information content (AvgIpc) is 2.19. The van der Waals surface area contributed by atoms with Crippen molar-refractivity contribution in [1.29, 1.82) is 0 Å². The lowest BCUT2D eigenvalue weighted by Gasteiger charge is -2.19. The minimum Gasteiger partial charge on any atom is -0.444 e. The van der Waals surface area contributed by atoms with Crippen molar-refractivity contribution in [3.05, 3.63) is 30.3 Å². The number of hydrogen-bond acceptors (Lipinski definition) is 2. The van der Waals surface area contributed by atoms with Gasteiger partial charge in [-0.05, 0) is 32.9 Å². The highest BCUT2D eigenvalue weighted by Gasteiger charge is 2.15. The van der Waals surface area contributed by atoms with E-state index >= 15 is 0 Å². The number of benzene rings is 1. The third-order valence-electron chi connectivity index (χ3n) is 1.42. The lowest BCUT2D eigenvalue weighted by Crippen LogP contribution is -2.27. The average molecular weight is 223 g/mol. The van der Waals surface area contributed by atoms with Crippen LogP contribution in [0.25, 0.3) is 0 Å². The number of anilines is 1. The van der Waals surface area contributed by atoms with Crippen LogP contribution in [0.3, 0.4) is 0 Å². The second-order valence-corrected chi connectivity index (χ2v) is 3.99. The van der Waals surface area contributed by atoms with E-state index in [1.165, 1.54) is 0 Å². The van der Waals surface area contributed by atoms with Crippen LogP contribution in [-0.2, 0) is 4.74 Å². The molecule has 0 spiro atoms. The molecular formula is C13H21NO2. The van der Waals surface area contributed by atoms with Crippen LogP contribution in [0.4, 0.5) is 10.5 Å². The van der Waals surface area contributed by atoms with Crippen LogP contribution in [-0.4, -0.2) is 11.7 Å². The zero-order valence-electron chi connectivity index (χ0n) is 10.7. The summed E-state index contributed by atoms with van der Waals surface area (Å²) in [6.07, 6.45) is -0.427. The van der Waals surface area contributed by atoms with Gasteiger partial charge in [-0.2, -0.15) is 0 Å². The standard InChI is InChI=1S/C11H15NO2.C2H6/c1-11(2,3)14-10(13)12-9-7-5-4-6-8-9;1-2/h4-8H,1-3H3,(H,12,13);1-2H3. The van der Waals surface area contributed by atoms with Crippen molar-refractivity contribution >= 4 is 11.8 Å². The van der Waals surface area contributed by atoms with E-state index in [0.29, 0.717) is 0 Å². The topological polar surface area (TPSA) is 38.3 Å². The molecule has 0 fully saturated rings. The minimum absolute atomic E-state index is 0.427. The second-order valence-electron chi connectivity index (χ2n) is 3.99. The van der Waals surface area contributed by atoms with E-state index in [1.54, 1.807) is 0 Å². The van der Waals surface area contributed by atoms with Crippen molar-refractivity contribution in [2.75, 3.05) is 5.32 Å². The van der Waals surface area contributed by atoms with Gasteiger partial charge in [0.1, 0.15) is 5.60 Å². The molecule has 0 bridgehead atoms. The van der Waals surface area contributed by atoms with E-state index in [1.807, 2.05) is 65.0 Å². The first-order chi connectivity index (χ1) is 7.47. The Labute approximate surface area is 97.8 Å². The van der Waals surface area contributed by atoms with E-state index < -0.39 is 11.7 Å². The molecule has 16 heavy (non-hydrogen) atoms. The number of carbonyl (C=O) groups excluding carboxylic acids is 1. The first-order valence-corrected chi connectivity index (χ1v) is 5.52. The Morgan fingerprint density at radius 1 is 1.12 bits per heavy atom. The Morgan fingerprint density at radius 2 is 1.62 bits per heavy atom. The Kier molecular flexibility index (Phi) is 6.23. The summed E-state index contributed by atoms with van der Waals surface area (Å²) in [4.78, 5) is 11.3. The van der Waals surface area contributed by atoms with Gasteiger partial charge in [-0.3, -0.25) is 5.32 Å². The molecule has 0 heterocycles. The maximum atomic E-state index is 11.3. The van der Waals surface area contributed by atoms with Gasteiger partial charge in [0.25, 0.3) is 0 Å². The molecule has 1 N–H and O–H groups in total. The van der Waals surface area contributed by atoms with Crippen molar-refractivity contribution < 1.29 is 9.53 Å². The molecule has 1 rings (SSSR count). The van der Waals surface area contributed by atoms with Gasteiger partial charge in [0.05, 0.1) is 0 Å². The second kappa shape index (κ2) is 6.88. The number of carbonyl (C=O) groups is 1. The van der Waals surface area contributed by atoms with Gasteiger partial charge >= 0.3 is 6.09 Å². The fourth-order valence-corrected chi connectivity index (χ4v) is 0.943. The molecule has 90 valence electrons. The molecule has 0 aliphatic rings. The van der Waals surface area contributed by atoms with Gasteiger partial charge < -0.3 is 4.74 Å². The molecule has 0 atom stereocenters. The lowest BCUT2D eigenvalue weighted by atomic mass is 10.2. The zero-order chi connectivity index (χ0) is 12.6. The van der Waals surface area contributed by atoms with Gasteiger partial charge in [-0.15, -0.1) is 0 Å². The van der Waals surface area contributed by atoms with Crippen LogP contribution in [0.2, 0.25) is 0 Å². The quantitative estimate of drug-likeness (QED) is 0.779. The summed E-state index contributed by atoms with van der Waals surface area (Å²) in [5.41, 5.74) is 0.278. The number of hydrogen-bond donors (Lipinski definition) is 1. The van der Waals surface area contributed by atoms with Gasteiger partial charge in [0.15, 0.2) is 0 Å². The van der Waals surface area contributed by atoms with Crippen molar-refractivity contribution in [2.45, 2.75) is 40.2 Å². The Balaban J connectivity index is 0.00000106. The first-order valence-electron chi connectivity index (χ1n) is 5.52. The van der Waals surface area contributed by atoms with Crippen molar-refractivity contribution in [3.63, 3.8) is 0 Å². The molecule has 0 unspecified atom stereocenters. The molecule has 3 nitrogen and oxygen atoms in total. The molecular weight excluding hydrogens is 202 g/mol.